The lowest BCUT2D eigenvalue weighted by molar-refractivity contribution is 0.391. The van der Waals surface area contributed by atoms with Gasteiger partial charge in [-0.15, -0.1) is 0 Å². The van der Waals surface area contributed by atoms with Gasteiger partial charge >= 0.3 is 0 Å². The van der Waals surface area contributed by atoms with Crippen molar-refractivity contribution < 1.29 is 9.47 Å². The van der Waals surface area contributed by atoms with Crippen LogP contribution < -0.4 is 9.47 Å². The van der Waals surface area contributed by atoms with Crippen LogP contribution in [0.1, 0.15) is 17.2 Å². The van der Waals surface area contributed by atoms with Crippen LogP contribution >= 0.6 is 0 Å². The summed E-state index contributed by atoms with van der Waals surface area (Å²) in [5.74, 6) is 0.786. The van der Waals surface area contributed by atoms with E-state index in [-0.39, 0.29) is 0 Å². The molecule has 1 aromatic heterocycles. The molecule has 1 heterocycles. The van der Waals surface area contributed by atoms with E-state index in [2.05, 4.69) is 16.0 Å². The number of aromatic nitrogens is 2. The third-order valence-electron chi connectivity index (χ3n) is 2.78. The molecule has 96 valence electrons. The van der Waals surface area contributed by atoms with Crippen LogP contribution in [0.25, 0.3) is 0 Å². The van der Waals surface area contributed by atoms with Crippen molar-refractivity contribution >= 4 is 0 Å². The normalized spacial score (nSPS) is 11.4. The summed E-state index contributed by atoms with van der Waals surface area (Å²) in [5.41, 5.74) is 1.39. The summed E-state index contributed by atoms with van der Waals surface area (Å²) >= 11 is 0. The summed E-state index contributed by atoms with van der Waals surface area (Å²) in [7, 11) is 3.15. The molecule has 0 bridgehead atoms. The summed E-state index contributed by atoms with van der Waals surface area (Å²) in [4.78, 5) is 7.98. The second-order valence-electron chi connectivity index (χ2n) is 3.80. The Morgan fingerprint density at radius 2 is 2.05 bits per heavy atom. The van der Waals surface area contributed by atoms with Crippen LogP contribution in [0, 0.1) is 11.3 Å². The smallest absolute Gasteiger partial charge is 0.127 e. The molecule has 0 aliphatic carbocycles. The molecule has 0 aliphatic rings. The number of ether oxygens (including phenoxy) is 2. The first-order valence-electron chi connectivity index (χ1n) is 5.67. The van der Waals surface area contributed by atoms with E-state index < -0.39 is 5.92 Å². The number of hydrogen-bond acceptors (Lipinski definition) is 5. The van der Waals surface area contributed by atoms with Gasteiger partial charge in [0.1, 0.15) is 23.7 Å². The third kappa shape index (κ3) is 2.63. The summed E-state index contributed by atoms with van der Waals surface area (Å²) < 4.78 is 10.5. The van der Waals surface area contributed by atoms with E-state index >= 15 is 0 Å². The van der Waals surface area contributed by atoms with Crippen LogP contribution in [0.4, 0.5) is 0 Å². The Balaban J connectivity index is 2.47. The van der Waals surface area contributed by atoms with Crippen LogP contribution in [0.2, 0.25) is 0 Å². The van der Waals surface area contributed by atoms with Gasteiger partial charge in [0.05, 0.1) is 26.0 Å². The average molecular weight is 255 g/mol. The molecule has 0 saturated carbocycles. The molecule has 1 atom stereocenters. The van der Waals surface area contributed by atoms with Crippen molar-refractivity contribution in [3.05, 3.63) is 48.0 Å². The molecule has 0 amide bonds. The van der Waals surface area contributed by atoms with Crippen LogP contribution in [0.3, 0.4) is 0 Å². The lowest BCUT2D eigenvalue weighted by atomic mass is 9.96. The summed E-state index contributed by atoms with van der Waals surface area (Å²) in [5, 5.41) is 9.38. The Morgan fingerprint density at radius 1 is 1.21 bits per heavy atom. The van der Waals surface area contributed by atoms with Gasteiger partial charge in [-0.1, -0.05) is 0 Å². The van der Waals surface area contributed by atoms with Crippen LogP contribution in [-0.2, 0) is 0 Å². The maximum Gasteiger partial charge on any atom is 0.127 e. The van der Waals surface area contributed by atoms with E-state index in [0.29, 0.717) is 17.2 Å². The van der Waals surface area contributed by atoms with E-state index in [4.69, 9.17) is 9.47 Å². The maximum absolute atomic E-state index is 9.38. The highest BCUT2D eigenvalue weighted by Gasteiger charge is 2.19. The summed E-state index contributed by atoms with van der Waals surface area (Å²) in [6.45, 7) is 0. The first-order chi connectivity index (χ1) is 9.30. The third-order valence-corrected chi connectivity index (χ3v) is 2.78. The average Bonchev–Trinajstić information content (AvgIpc) is 2.49. The maximum atomic E-state index is 9.38. The van der Waals surface area contributed by atoms with Crippen LogP contribution in [-0.4, -0.2) is 24.2 Å². The van der Waals surface area contributed by atoms with Gasteiger partial charge in [-0.05, 0) is 18.2 Å². The molecule has 19 heavy (non-hydrogen) atoms. The molecule has 2 rings (SSSR count). The van der Waals surface area contributed by atoms with Crippen LogP contribution in [0.5, 0.6) is 11.5 Å². The largest absolute Gasteiger partial charge is 0.497 e. The molecule has 0 aliphatic heterocycles. The second kappa shape index (κ2) is 5.83. The fraction of sp³-hybridized carbons (Fsp3) is 0.214. The topological polar surface area (TPSA) is 68.0 Å². The molecule has 1 unspecified atom stereocenters. The fourth-order valence-corrected chi connectivity index (χ4v) is 1.82. The van der Waals surface area contributed by atoms with Gasteiger partial charge in [-0.2, -0.15) is 5.26 Å². The Labute approximate surface area is 111 Å². The molecule has 0 N–H and O–H groups in total. The molecule has 2 aromatic rings. The van der Waals surface area contributed by atoms with E-state index in [1.165, 1.54) is 6.33 Å². The first-order valence-corrected chi connectivity index (χ1v) is 5.67. The molecule has 0 saturated heterocycles. The Hall–Kier alpha value is -2.61. The lowest BCUT2D eigenvalue weighted by Gasteiger charge is -2.14. The van der Waals surface area contributed by atoms with Gasteiger partial charge in [-0.3, -0.25) is 0 Å². The van der Waals surface area contributed by atoms with Gasteiger partial charge in [0.15, 0.2) is 0 Å². The fourth-order valence-electron chi connectivity index (χ4n) is 1.82. The Kier molecular flexibility index (Phi) is 3.94. The monoisotopic (exact) mass is 255 g/mol. The minimum Gasteiger partial charge on any atom is -0.497 e. The van der Waals surface area contributed by atoms with E-state index in [0.717, 1.165) is 5.56 Å². The van der Waals surface area contributed by atoms with Crippen molar-refractivity contribution in [2.45, 2.75) is 5.92 Å². The number of nitrogens with zero attached hydrogens (tertiary/aromatic N) is 3. The highest BCUT2D eigenvalue weighted by molar-refractivity contribution is 5.47. The molecular weight excluding hydrogens is 242 g/mol. The van der Waals surface area contributed by atoms with E-state index in [1.54, 1.807) is 38.6 Å². The number of methoxy groups -OCH3 is 2. The van der Waals surface area contributed by atoms with E-state index in [1.807, 2.05) is 6.07 Å². The molecular formula is C14H13N3O2. The quantitative estimate of drug-likeness (QED) is 0.837. The predicted octanol–water partition coefficient (Wildman–Crippen LogP) is 2.15. The zero-order valence-corrected chi connectivity index (χ0v) is 10.7. The minimum absolute atomic E-state index is 0.496. The standard InChI is InChI=1S/C14H13N3O2/c1-18-10-3-4-11(14(7-10)19-2)12(8-15)13-5-6-16-9-17-13/h3-7,9,12H,1-2H3. The number of rotatable bonds is 4. The highest BCUT2D eigenvalue weighted by Crippen LogP contribution is 2.33. The zero-order chi connectivity index (χ0) is 13.7. The van der Waals surface area contributed by atoms with E-state index in [9.17, 15) is 5.26 Å². The number of hydrogen-bond donors (Lipinski definition) is 0. The Morgan fingerprint density at radius 3 is 2.63 bits per heavy atom. The summed E-state index contributed by atoms with van der Waals surface area (Å²) in [6, 6.07) is 9.31. The highest BCUT2D eigenvalue weighted by atomic mass is 16.5. The molecule has 0 spiro atoms. The second-order valence-corrected chi connectivity index (χ2v) is 3.80. The Bertz CT molecular complexity index is 593. The van der Waals surface area contributed by atoms with Crippen molar-refractivity contribution in [3.63, 3.8) is 0 Å². The number of benzene rings is 1. The predicted molar refractivity (Wildman–Crippen MR) is 69.0 cm³/mol. The first kappa shape index (κ1) is 12.8. The van der Waals surface area contributed by atoms with Crippen molar-refractivity contribution in [2.24, 2.45) is 0 Å². The molecule has 5 heteroatoms. The zero-order valence-electron chi connectivity index (χ0n) is 10.7. The van der Waals surface area contributed by atoms with Gasteiger partial charge < -0.3 is 9.47 Å². The van der Waals surface area contributed by atoms with Gasteiger partial charge in [0.2, 0.25) is 0 Å². The number of nitriles is 1. The van der Waals surface area contributed by atoms with Gasteiger partial charge in [-0.25, -0.2) is 9.97 Å². The summed E-state index contributed by atoms with van der Waals surface area (Å²) in [6.07, 6.45) is 3.04. The van der Waals surface area contributed by atoms with Crippen molar-refractivity contribution in [1.29, 1.82) is 5.26 Å². The van der Waals surface area contributed by atoms with Crippen molar-refractivity contribution in [3.8, 4) is 17.6 Å². The van der Waals surface area contributed by atoms with Gasteiger partial charge in [0.25, 0.3) is 0 Å². The van der Waals surface area contributed by atoms with Crippen molar-refractivity contribution in [2.75, 3.05) is 14.2 Å². The van der Waals surface area contributed by atoms with Gasteiger partial charge in [0, 0.05) is 17.8 Å². The molecule has 0 fully saturated rings. The molecule has 1 aromatic carbocycles. The minimum atomic E-state index is -0.496. The lowest BCUT2D eigenvalue weighted by Crippen LogP contribution is -2.04. The molecule has 0 radical (unpaired) electrons. The SMILES string of the molecule is COc1ccc(C(C#N)c2ccncn2)c(OC)c1. The molecule has 5 nitrogen and oxygen atoms in total. The van der Waals surface area contributed by atoms with Crippen molar-refractivity contribution in [1.82, 2.24) is 9.97 Å². The van der Waals surface area contributed by atoms with Crippen LogP contribution in [0.15, 0.2) is 36.8 Å².